The Kier molecular flexibility index (Phi) is 11.9. The molecule has 0 aromatic heterocycles. The molecule has 1 heterocycles. The van der Waals surface area contributed by atoms with Crippen LogP contribution < -0.4 is 25.4 Å². The van der Waals surface area contributed by atoms with Crippen LogP contribution in [0.15, 0.2) is 66.7 Å². The van der Waals surface area contributed by atoms with Crippen LogP contribution in [0.3, 0.4) is 0 Å². The highest BCUT2D eigenvalue weighted by Crippen LogP contribution is 2.29. The maximum atomic E-state index is 12.9. The minimum absolute atomic E-state index is 0.159. The van der Waals surface area contributed by atoms with E-state index in [-0.39, 0.29) is 24.1 Å². The number of hydrogen-bond donors (Lipinski definition) is 3. The quantitative estimate of drug-likeness (QED) is 0.189. The molecule has 8 heteroatoms. The topological polar surface area (TPSA) is 91.9 Å². The molecule has 0 atom stereocenters. The van der Waals surface area contributed by atoms with Crippen LogP contribution in [0.1, 0.15) is 75.2 Å². The molecular formula is C35H46N4O4. The molecule has 1 fully saturated rings. The molecule has 0 radical (unpaired) electrons. The normalized spacial score (nSPS) is 13.9. The first kappa shape index (κ1) is 31.9. The number of benzene rings is 3. The highest BCUT2D eigenvalue weighted by atomic mass is 16.5. The molecule has 0 spiro atoms. The molecule has 230 valence electrons. The summed E-state index contributed by atoms with van der Waals surface area (Å²) in [6.45, 7) is 11.6. The van der Waals surface area contributed by atoms with Gasteiger partial charge in [-0.05, 0) is 118 Å². The van der Waals surface area contributed by atoms with Gasteiger partial charge in [0.1, 0.15) is 23.4 Å². The number of unbranched alkanes of at least 4 members (excludes halogenated alkanes) is 1. The lowest BCUT2D eigenvalue weighted by molar-refractivity contribution is 0.0996. The maximum Gasteiger partial charge on any atom is 0.319 e. The van der Waals surface area contributed by atoms with Crippen LogP contribution in [0.2, 0.25) is 0 Å². The average molecular weight is 587 g/mol. The summed E-state index contributed by atoms with van der Waals surface area (Å²) in [5, 5.41) is 8.79. The number of piperidine rings is 1. The molecule has 4 rings (SSSR count). The van der Waals surface area contributed by atoms with E-state index in [0.717, 1.165) is 50.1 Å². The van der Waals surface area contributed by atoms with Crippen LogP contribution in [0, 0.1) is 6.92 Å². The zero-order valence-electron chi connectivity index (χ0n) is 25.9. The van der Waals surface area contributed by atoms with Gasteiger partial charge in [-0.25, -0.2) is 4.79 Å². The first-order valence-corrected chi connectivity index (χ1v) is 15.6. The smallest absolute Gasteiger partial charge is 0.319 e. The number of carbonyl (C=O) groups excluding carboxylic acids is 2. The molecule has 3 aromatic carbocycles. The zero-order chi connectivity index (χ0) is 30.6. The summed E-state index contributed by atoms with van der Waals surface area (Å²) in [5.41, 5.74) is 2.83. The molecule has 8 nitrogen and oxygen atoms in total. The van der Waals surface area contributed by atoms with Gasteiger partial charge in [0.05, 0.1) is 0 Å². The van der Waals surface area contributed by atoms with Gasteiger partial charge in [-0.2, -0.15) is 0 Å². The number of hydrogen-bond acceptors (Lipinski definition) is 5. The standard InChI is InChI=1S/C35H46N4O4/c1-5-8-21-39-22-19-32(20-23-39)42-30-14-9-26(10-15-30)34(40)36-29-13-18-33(25(4)24-29)43-31-16-11-28(12-17-31)38-35(41)37-27(6-2)7-3/h9-18,24,27,32H,5-8,19-23H2,1-4H3,(H,36,40)(H2,37,38,41). The summed E-state index contributed by atoms with van der Waals surface area (Å²) in [5.74, 6) is 1.95. The molecule has 3 aromatic rings. The number of ether oxygens (including phenoxy) is 2. The number of rotatable bonds is 13. The molecule has 0 bridgehead atoms. The molecule has 3 N–H and O–H groups in total. The van der Waals surface area contributed by atoms with Crippen molar-refractivity contribution in [2.75, 3.05) is 30.3 Å². The van der Waals surface area contributed by atoms with E-state index in [0.29, 0.717) is 28.4 Å². The van der Waals surface area contributed by atoms with E-state index in [2.05, 4.69) is 41.6 Å². The number of amides is 3. The minimum atomic E-state index is -0.214. The summed E-state index contributed by atoms with van der Waals surface area (Å²) in [6, 6.07) is 20.1. The second kappa shape index (κ2) is 16.0. The van der Waals surface area contributed by atoms with Crippen molar-refractivity contribution >= 4 is 23.3 Å². The second-order valence-corrected chi connectivity index (χ2v) is 11.2. The minimum Gasteiger partial charge on any atom is -0.490 e. The van der Waals surface area contributed by atoms with E-state index < -0.39 is 0 Å². The number of urea groups is 1. The lowest BCUT2D eigenvalue weighted by Gasteiger charge is -2.32. The number of carbonyl (C=O) groups is 2. The number of aryl methyl sites for hydroxylation is 1. The van der Waals surface area contributed by atoms with Crippen molar-refractivity contribution < 1.29 is 19.1 Å². The Morgan fingerprint density at radius 3 is 2.14 bits per heavy atom. The Morgan fingerprint density at radius 1 is 0.860 bits per heavy atom. The van der Waals surface area contributed by atoms with Crippen LogP contribution >= 0.6 is 0 Å². The third-order valence-corrected chi connectivity index (χ3v) is 7.88. The highest BCUT2D eigenvalue weighted by Gasteiger charge is 2.20. The number of anilines is 2. The SMILES string of the molecule is CCCCN1CCC(Oc2ccc(C(=O)Nc3ccc(Oc4ccc(NC(=O)NC(CC)CC)cc4)c(C)c3)cc2)CC1. The average Bonchev–Trinajstić information content (AvgIpc) is 3.02. The lowest BCUT2D eigenvalue weighted by atomic mass is 10.1. The van der Waals surface area contributed by atoms with E-state index in [1.807, 2.05) is 49.4 Å². The summed E-state index contributed by atoms with van der Waals surface area (Å²) in [7, 11) is 0. The van der Waals surface area contributed by atoms with Gasteiger partial charge in [0, 0.05) is 36.1 Å². The predicted octanol–water partition coefficient (Wildman–Crippen LogP) is 7.99. The molecule has 0 saturated carbocycles. The third kappa shape index (κ3) is 9.75. The lowest BCUT2D eigenvalue weighted by Crippen LogP contribution is -2.38. The summed E-state index contributed by atoms with van der Waals surface area (Å²) < 4.78 is 12.2. The molecule has 1 aliphatic heterocycles. The fraction of sp³-hybridized carbons (Fsp3) is 0.429. The molecule has 1 aliphatic rings. The van der Waals surface area contributed by atoms with Crippen LogP contribution in [0.4, 0.5) is 16.2 Å². The molecule has 43 heavy (non-hydrogen) atoms. The van der Waals surface area contributed by atoms with Gasteiger partial charge in [-0.1, -0.05) is 27.2 Å². The van der Waals surface area contributed by atoms with Crippen LogP contribution in [-0.4, -0.2) is 48.6 Å². The van der Waals surface area contributed by atoms with Crippen molar-refractivity contribution in [3.05, 3.63) is 77.9 Å². The molecule has 0 aliphatic carbocycles. The van der Waals surface area contributed by atoms with E-state index >= 15 is 0 Å². The van der Waals surface area contributed by atoms with Crippen LogP contribution in [0.5, 0.6) is 17.2 Å². The number of nitrogens with one attached hydrogen (secondary N) is 3. The van der Waals surface area contributed by atoms with E-state index in [1.54, 1.807) is 24.3 Å². The van der Waals surface area contributed by atoms with Crippen LogP contribution in [0.25, 0.3) is 0 Å². The fourth-order valence-corrected chi connectivity index (χ4v) is 5.13. The molecule has 1 saturated heterocycles. The van der Waals surface area contributed by atoms with Crippen molar-refractivity contribution in [1.82, 2.24) is 10.2 Å². The van der Waals surface area contributed by atoms with Crippen molar-refractivity contribution in [1.29, 1.82) is 0 Å². The fourth-order valence-electron chi connectivity index (χ4n) is 5.13. The Bertz CT molecular complexity index is 1310. The summed E-state index contributed by atoms with van der Waals surface area (Å²) >= 11 is 0. The third-order valence-electron chi connectivity index (χ3n) is 7.88. The first-order valence-electron chi connectivity index (χ1n) is 15.6. The Morgan fingerprint density at radius 2 is 1.51 bits per heavy atom. The Labute approximate surface area is 256 Å². The van der Waals surface area contributed by atoms with E-state index in [4.69, 9.17) is 9.47 Å². The maximum absolute atomic E-state index is 12.9. The molecular weight excluding hydrogens is 540 g/mol. The Balaban J connectivity index is 1.25. The van der Waals surface area contributed by atoms with Crippen molar-refractivity contribution in [2.45, 2.75) is 78.4 Å². The predicted molar refractivity (Wildman–Crippen MR) is 174 cm³/mol. The van der Waals surface area contributed by atoms with Crippen molar-refractivity contribution in [3.8, 4) is 17.2 Å². The highest BCUT2D eigenvalue weighted by molar-refractivity contribution is 6.04. The monoisotopic (exact) mass is 586 g/mol. The van der Waals surface area contributed by atoms with Gasteiger partial charge >= 0.3 is 6.03 Å². The first-order chi connectivity index (χ1) is 20.9. The van der Waals surface area contributed by atoms with E-state index in [1.165, 1.54) is 19.4 Å². The Hall–Kier alpha value is -4.04. The molecule has 0 unspecified atom stereocenters. The molecule has 3 amide bonds. The number of nitrogens with zero attached hydrogens (tertiary/aromatic N) is 1. The summed E-state index contributed by atoms with van der Waals surface area (Å²) in [6.07, 6.45) is 6.55. The van der Waals surface area contributed by atoms with E-state index in [9.17, 15) is 9.59 Å². The van der Waals surface area contributed by atoms with Gasteiger partial charge < -0.3 is 30.3 Å². The van der Waals surface area contributed by atoms with Gasteiger partial charge in [0.15, 0.2) is 0 Å². The summed E-state index contributed by atoms with van der Waals surface area (Å²) in [4.78, 5) is 27.6. The second-order valence-electron chi connectivity index (χ2n) is 11.2. The number of likely N-dealkylation sites (tertiary alicyclic amines) is 1. The van der Waals surface area contributed by atoms with Gasteiger partial charge in [-0.3, -0.25) is 4.79 Å². The van der Waals surface area contributed by atoms with Crippen molar-refractivity contribution in [3.63, 3.8) is 0 Å². The zero-order valence-corrected chi connectivity index (χ0v) is 25.9. The largest absolute Gasteiger partial charge is 0.490 e. The van der Waals surface area contributed by atoms with Crippen LogP contribution in [-0.2, 0) is 0 Å². The van der Waals surface area contributed by atoms with Gasteiger partial charge in [0.25, 0.3) is 5.91 Å². The van der Waals surface area contributed by atoms with Gasteiger partial charge in [-0.15, -0.1) is 0 Å². The van der Waals surface area contributed by atoms with Gasteiger partial charge in [0.2, 0.25) is 0 Å². The van der Waals surface area contributed by atoms with Crippen molar-refractivity contribution in [2.24, 2.45) is 0 Å².